The first kappa shape index (κ1) is 20.7. The van der Waals surface area contributed by atoms with E-state index in [-0.39, 0.29) is 6.03 Å². The molecule has 0 saturated heterocycles. The second-order valence-electron chi connectivity index (χ2n) is 6.69. The van der Waals surface area contributed by atoms with Crippen LogP contribution in [0.15, 0.2) is 59.8 Å². The summed E-state index contributed by atoms with van der Waals surface area (Å²) in [4.78, 5) is 24.5. The lowest BCUT2D eigenvalue weighted by Crippen LogP contribution is -2.45. The van der Waals surface area contributed by atoms with E-state index in [0.29, 0.717) is 35.3 Å². The first-order valence-electron chi connectivity index (χ1n) is 9.40. The monoisotopic (exact) mass is 414 g/mol. The lowest BCUT2D eigenvalue weighted by molar-refractivity contribution is -0.139. The molecule has 2 amide bonds. The third-order valence-electron chi connectivity index (χ3n) is 4.43. The number of hydrogen-bond acceptors (Lipinski definition) is 4. The average molecular weight is 415 g/mol. The standard InChI is InChI=1S/C22H23ClN2O4/c1-3-11-28-21(26)19-14(2)24-22(27)25-20(19)16-7-9-18(10-8-16)29-13-15-5-4-6-17(23)12-15/h4-10,12,20H,3,11,13H2,1-2H3,(H2,24,25,27). The Morgan fingerprint density at radius 1 is 1.17 bits per heavy atom. The molecule has 0 fully saturated rings. The van der Waals surface area contributed by atoms with Gasteiger partial charge in [-0.05, 0) is 48.7 Å². The van der Waals surface area contributed by atoms with Crippen molar-refractivity contribution in [3.8, 4) is 5.75 Å². The van der Waals surface area contributed by atoms with Gasteiger partial charge in [-0.3, -0.25) is 0 Å². The van der Waals surface area contributed by atoms with Crippen molar-refractivity contribution in [2.24, 2.45) is 0 Å². The molecule has 2 N–H and O–H groups in total. The average Bonchev–Trinajstić information content (AvgIpc) is 2.70. The molecule has 1 heterocycles. The summed E-state index contributed by atoms with van der Waals surface area (Å²) in [5.74, 6) is 0.230. The van der Waals surface area contributed by atoms with Crippen molar-refractivity contribution in [2.45, 2.75) is 32.9 Å². The van der Waals surface area contributed by atoms with Crippen molar-refractivity contribution in [3.63, 3.8) is 0 Å². The van der Waals surface area contributed by atoms with Crippen LogP contribution in [0.5, 0.6) is 5.75 Å². The highest BCUT2D eigenvalue weighted by molar-refractivity contribution is 6.30. The van der Waals surface area contributed by atoms with Crippen molar-refractivity contribution in [3.05, 3.63) is 76.0 Å². The summed E-state index contributed by atoms with van der Waals surface area (Å²) in [5.41, 5.74) is 2.61. The number of hydrogen-bond donors (Lipinski definition) is 2. The number of benzene rings is 2. The molecule has 2 aromatic carbocycles. The first-order valence-corrected chi connectivity index (χ1v) is 9.78. The van der Waals surface area contributed by atoms with E-state index in [1.807, 2.05) is 43.3 Å². The molecule has 1 atom stereocenters. The predicted octanol–water partition coefficient (Wildman–Crippen LogP) is 4.50. The van der Waals surface area contributed by atoms with E-state index >= 15 is 0 Å². The number of carbonyl (C=O) groups excluding carboxylic acids is 2. The largest absolute Gasteiger partial charge is 0.489 e. The Balaban J connectivity index is 1.75. The zero-order valence-corrected chi connectivity index (χ0v) is 17.1. The molecule has 0 aliphatic carbocycles. The fraction of sp³-hybridized carbons (Fsp3) is 0.273. The van der Waals surface area contributed by atoms with Gasteiger partial charge in [0.15, 0.2) is 0 Å². The number of ether oxygens (including phenoxy) is 2. The maximum absolute atomic E-state index is 12.5. The number of nitrogens with one attached hydrogen (secondary N) is 2. The van der Waals surface area contributed by atoms with Crippen LogP contribution in [0.25, 0.3) is 0 Å². The summed E-state index contributed by atoms with van der Waals surface area (Å²) in [6.07, 6.45) is 0.723. The van der Waals surface area contributed by atoms with Gasteiger partial charge >= 0.3 is 12.0 Å². The summed E-state index contributed by atoms with van der Waals surface area (Å²) in [7, 11) is 0. The van der Waals surface area contributed by atoms with Crippen LogP contribution in [0, 0.1) is 0 Å². The number of allylic oxidation sites excluding steroid dienone is 1. The minimum Gasteiger partial charge on any atom is -0.489 e. The molecule has 6 nitrogen and oxygen atoms in total. The topological polar surface area (TPSA) is 76.7 Å². The van der Waals surface area contributed by atoms with Crippen LogP contribution in [0.4, 0.5) is 4.79 Å². The van der Waals surface area contributed by atoms with Gasteiger partial charge in [-0.25, -0.2) is 9.59 Å². The van der Waals surface area contributed by atoms with Crippen LogP contribution in [-0.2, 0) is 16.1 Å². The minimum absolute atomic E-state index is 0.326. The second-order valence-corrected chi connectivity index (χ2v) is 7.13. The maximum Gasteiger partial charge on any atom is 0.338 e. The molecule has 0 radical (unpaired) electrons. The van der Waals surface area contributed by atoms with Gasteiger partial charge in [-0.1, -0.05) is 42.8 Å². The number of halogens is 1. The zero-order valence-electron chi connectivity index (χ0n) is 16.3. The highest BCUT2D eigenvalue weighted by Crippen LogP contribution is 2.29. The van der Waals surface area contributed by atoms with Crippen LogP contribution in [0.1, 0.15) is 37.4 Å². The summed E-state index contributed by atoms with van der Waals surface area (Å²) in [6, 6.07) is 13.8. The molecule has 152 valence electrons. The van der Waals surface area contributed by atoms with Gasteiger partial charge in [0.2, 0.25) is 0 Å². The SMILES string of the molecule is CCCOC(=O)C1=C(C)NC(=O)NC1c1ccc(OCc2cccc(Cl)c2)cc1. The van der Waals surface area contributed by atoms with Gasteiger partial charge in [-0.15, -0.1) is 0 Å². The Hall–Kier alpha value is -2.99. The molecule has 0 spiro atoms. The molecule has 2 aromatic rings. The summed E-state index contributed by atoms with van der Waals surface area (Å²) >= 11 is 5.99. The number of urea groups is 1. The van der Waals surface area contributed by atoms with Crippen molar-refractivity contribution in [1.29, 1.82) is 0 Å². The molecule has 0 aromatic heterocycles. The Morgan fingerprint density at radius 2 is 1.93 bits per heavy atom. The van der Waals surface area contributed by atoms with Crippen molar-refractivity contribution in [2.75, 3.05) is 6.61 Å². The minimum atomic E-state index is -0.588. The number of esters is 1. The van der Waals surface area contributed by atoms with E-state index in [2.05, 4.69) is 10.6 Å². The molecule has 29 heavy (non-hydrogen) atoms. The highest BCUT2D eigenvalue weighted by atomic mass is 35.5. The fourth-order valence-electron chi connectivity index (χ4n) is 3.04. The Morgan fingerprint density at radius 3 is 2.62 bits per heavy atom. The second kappa shape index (κ2) is 9.47. The van der Waals surface area contributed by atoms with Gasteiger partial charge in [0.25, 0.3) is 0 Å². The molecule has 0 saturated carbocycles. The molecule has 1 aliphatic heterocycles. The van der Waals surface area contributed by atoms with Crippen LogP contribution in [0.3, 0.4) is 0 Å². The molecule has 1 unspecified atom stereocenters. The zero-order chi connectivity index (χ0) is 20.8. The van der Waals surface area contributed by atoms with Crippen molar-refractivity contribution >= 4 is 23.6 Å². The summed E-state index contributed by atoms with van der Waals surface area (Å²) < 4.78 is 11.1. The Labute approximate surface area is 174 Å². The molecule has 0 bridgehead atoms. The van der Waals surface area contributed by atoms with E-state index in [0.717, 1.165) is 17.5 Å². The normalized spacial score (nSPS) is 16.1. The highest BCUT2D eigenvalue weighted by Gasteiger charge is 2.32. The number of carbonyl (C=O) groups is 2. The number of rotatable bonds is 7. The van der Waals surface area contributed by atoms with Crippen LogP contribution < -0.4 is 15.4 Å². The van der Waals surface area contributed by atoms with E-state index in [1.54, 1.807) is 19.1 Å². The summed E-state index contributed by atoms with van der Waals surface area (Å²) in [5, 5.41) is 6.08. The fourth-order valence-corrected chi connectivity index (χ4v) is 3.25. The molecular weight excluding hydrogens is 392 g/mol. The lowest BCUT2D eigenvalue weighted by Gasteiger charge is -2.28. The quantitative estimate of drug-likeness (QED) is 0.654. The maximum atomic E-state index is 12.5. The Bertz CT molecular complexity index is 925. The smallest absolute Gasteiger partial charge is 0.338 e. The van der Waals surface area contributed by atoms with Crippen LogP contribution in [-0.4, -0.2) is 18.6 Å². The van der Waals surface area contributed by atoms with Gasteiger partial charge in [0.1, 0.15) is 12.4 Å². The van der Waals surface area contributed by atoms with E-state index in [9.17, 15) is 9.59 Å². The van der Waals surface area contributed by atoms with Crippen LogP contribution in [0.2, 0.25) is 5.02 Å². The lowest BCUT2D eigenvalue weighted by atomic mass is 9.95. The van der Waals surface area contributed by atoms with E-state index in [4.69, 9.17) is 21.1 Å². The Kier molecular flexibility index (Phi) is 6.77. The first-order chi connectivity index (χ1) is 14.0. The van der Waals surface area contributed by atoms with Crippen molar-refractivity contribution in [1.82, 2.24) is 10.6 Å². The van der Waals surface area contributed by atoms with Crippen LogP contribution >= 0.6 is 11.6 Å². The molecular formula is C22H23ClN2O4. The molecule has 1 aliphatic rings. The third-order valence-corrected chi connectivity index (χ3v) is 4.67. The van der Waals surface area contributed by atoms with Gasteiger partial charge in [0, 0.05) is 10.7 Å². The predicted molar refractivity (Wildman–Crippen MR) is 111 cm³/mol. The van der Waals surface area contributed by atoms with Crippen molar-refractivity contribution < 1.29 is 19.1 Å². The third kappa shape index (κ3) is 5.29. The van der Waals surface area contributed by atoms with E-state index < -0.39 is 12.0 Å². The molecule has 3 rings (SSSR count). The van der Waals surface area contributed by atoms with Gasteiger partial charge in [0.05, 0.1) is 18.2 Å². The summed E-state index contributed by atoms with van der Waals surface area (Å²) in [6.45, 7) is 4.33. The van der Waals surface area contributed by atoms with E-state index in [1.165, 1.54) is 0 Å². The molecule has 7 heteroatoms. The van der Waals surface area contributed by atoms with Gasteiger partial charge in [-0.2, -0.15) is 0 Å². The number of amides is 2. The van der Waals surface area contributed by atoms with Gasteiger partial charge < -0.3 is 20.1 Å².